The molecular formula is C12H16N4O3. The Bertz CT molecular complexity index is 484. The molecule has 19 heavy (non-hydrogen) atoms. The maximum Gasteiger partial charge on any atom is 0.270 e. The van der Waals surface area contributed by atoms with Crippen molar-refractivity contribution in [2.75, 3.05) is 6.61 Å². The van der Waals surface area contributed by atoms with Gasteiger partial charge in [0.1, 0.15) is 11.9 Å². The summed E-state index contributed by atoms with van der Waals surface area (Å²) in [5.41, 5.74) is 4.96. The monoisotopic (exact) mass is 264 g/mol. The Hall–Kier alpha value is -2.49. The van der Waals surface area contributed by atoms with Crippen LogP contribution in [0.1, 0.15) is 27.2 Å². The predicted molar refractivity (Wildman–Crippen MR) is 70.4 cm³/mol. The van der Waals surface area contributed by atoms with Crippen molar-refractivity contribution in [3.05, 3.63) is 11.4 Å². The third-order valence-electron chi connectivity index (χ3n) is 1.79. The van der Waals surface area contributed by atoms with Crippen LogP contribution >= 0.6 is 0 Å². The molecule has 0 saturated carbocycles. The minimum absolute atomic E-state index is 0.0741. The van der Waals surface area contributed by atoms with Gasteiger partial charge in [0.25, 0.3) is 5.91 Å². The molecule has 102 valence electrons. The van der Waals surface area contributed by atoms with E-state index in [1.807, 2.05) is 0 Å². The second-order valence-electron chi connectivity index (χ2n) is 3.59. The number of allylic oxidation sites excluding steroid dienone is 1. The number of nitriles is 1. The topological polar surface area (TPSA) is 118 Å². The number of ether oxygens (including phenoxy) is 1. The van der Waals surface area contributed by atoms with Gasteiger partial charge in [-0.05, 0) is 20.8 Å². The highest BCUT2D eigenvalue weighted by Gasteiger charge is 2.12. The van der Waals surface area contributed by atoms with E-state index in [1.54, 1.807) is 19.9 Å². The van der Waals surface area contributed by atoms with Crippen LogP contribution in [0.15, 0.2) is 21.4 Å². The van der Waals surface area contributed by atoms with E-state index in [0.717, 1.165) is 6.40 Å². The molecule has 7 nitrogen and oxygen atoms in total. The van der Waals surface area contributed by atoms with E-state index < -0.39 is 5.91 Å². The van der Waals surface area contributed by atoms with Crippen molar-refractivity contribution in [1.82, 2.24) is 0 Å². The number of rotatable bonds is 7. The summed E-state index contributed by atoms with van der Waals surface area (Å²) >= 11 is 0. The fourth-order valence-corrected chi connectivity index (χ4v) is 1.12. The van der Waals surface area contributed by atoms with Crippen LogP contribution in [0.3, 0.4) is 0 Å². The minimum Gasteiger partial charge on any atom is -0.483 e. The molecular weight excluding hydrogens is 248 g/mol. The van der Waals surface area contributed by atoms with E-state index >= 15 is 0 Å². The van der Waals surface area contributed by atoms with Crippen LogP contribution in [0.25, 0.3) is 0 Å². The van der Waals surface area contributed by atoms with Gasteiger partial charge >= 0.3 is 0 Å². The lowest BCUT2D eigenvalue weighted by atomic mass is 10.2. The van der Waals surface area contributed by atoms with Crippen molar-refractivity contribution in [3.63, 3.8) is 0 Å². The number of ketones is 1. The summed E-state index contributed by atoms with van der Waals surface area (Å²) in [6.07, 6.45) is 1.11. The van der Waals surface area contributed by atoms with Gasteiger partial charge in [-0.25, -0.2) is 9.98 Å². The fourth-order valence-electron chi connectivity index (χ4n) is 1.12. The molecule has 0 unspecified atom stereocenters. The number of carbonyl (C=O) groups is 2. The van der Waals surface area contributed by atoms with E-state index in [-0.39, 0.29) is 23.6 Å². The van der Waals surface area contributed by atoms with Crippen molar-refractivity contribution in [2.24, 2.45) is 15.7 Å². The van der Waals surface area contributed by atoms with Crippen molar-refractivity contribution in [1.29, 1.82) is 5.26 Å². The SMILES string of the molecule is CCOC=N/C(C#N)=C(/N=C(C)CC(C)=O)C(N)=O. The Morgan fingerprint density at radius 1 is 1.42 bits per heavy atom. The number of hydrogen-bond donors (Lipinski definition) is 1. The van der Waals surface area contributed by atoms with Gasteiger partial charge in [-0.1, -0.05) is 0 Å². The first-order valence-electron chi connectivity index (χ1n) is 5.54. The summed E-state index contributed by atoms with van der Waals surface area (Å²) in [5.74, 6) is -1.01. The van der Waals surface area contributed by atoms with Gasteiger partial charge in [-0.3, -0.25) is 9.59 Å². The summed E-state index contributed by atoms with van der Waals surface area (Å²) in [5, 5.41) is 8.92. The standard InChI is InChI=1S/C12H16N4O3/c1-4-19-7-15-10(6-13)11(12(14)18)16-8(2)5-9(3)17/h7H,4-5H2,1-3H3,(H2,14,18)/b11-10+,15-7?,16-8?. The van der Waals surface area contributed by atoms with E-state index in [9.17, 15) is 9.59 Å². The molecule has 1 amide bonds. The van der Waals surface area contributed by atoms with E-state index in [2.05, 4.69) is 9.98 Å². The fraction of sp³-hybridized carbons (Fsp3) is 0.417. The highest BCUT2D eigenvalue weighted by Crippen LogP contribution is 2.08. The molecule has 0 heterocycles. The summed E-state index contributed by atoms with van der Waals surface area (Å²) in [7, 11) is 0. The summed E-state index contributed by atoms with van der Waals surface area (Å²) in [6, 6.07) is 1.71. The zero-order valence-corrected chi connectivity index (χ0v) is 11.1. The first-order valence-corrected chi connectivity index (χ1v) is 5.54. The number of amides is 1. The van der Waals surface area contributed by atoms with Crippen LogP contribution in [0.5, 0.6) is 0 Å². The van der Waals surface area contributed by atoms with Crippen molar-refractivity contribution in [3.8, 4) is 6.07 Å². The average molecular weight is 264 g/mol. The molecule has 7 heteroatoms. The molecule has 0 aromatic heterocycles. The molecule has 0 aliphatic heterocycles. The Balaban J connectivity index is 5.43. The van der Waals surface area contributed by atoms with Gasteiger partial charge in [0.15, 0.2) is 17.8 Å². The Morgan fingerprint density at radius 3 is 2.47 bits per heavy atom. The second kappa shape index (κ2) is 8.58. The van der Waals surface area contributed by atoms with Crippen LogP contribution in [-0.4, -0.2) is 30.4 Å². The largest absolute Gasteiger partial charge is 0.483 e. The van der Waals surface area contributed by atoms with E-state index in [1.165, 1.54) is 6.92 Å². The highest BCUT2D eigenvalue weighted by molar-refractivity contribution is 6.03. The predicted octanol–water partition coefficient (Wildman–Crippen LogP) is 0.712. The molecule has 0 fully saturated rings. The van der Waals surface area contributed by atoms with Crippen LogP contribution < -0.4 is 5.73 Å². The van der Waals surface area contributed by atoms with Crippen LogP contribution in [0, 0.1) is 11.3 Å². The van der Waals surface area contributed by atoms with Crippen LogP contribution in [0.4, 0.5) is 0 Å². The first kappa shape index (κ1) is 16.5. The van der Waals surface area contributed by atoms with E-state index in [4.69, 9.17) is 15.7 Å². The molecule has 0 bridgehead atoms. The molecule has 0 spiro atoms. The van der Waals surface area contributed by atoms with E-state index in [0.29, 0.717) is 12.3 Å². The van der Waals surface area contributed by atoms with Gasteiger partial charge in [0, 0.05) is 12.1 Å². The summed E-state index contributed by atoms with van der Waals surface area (Å²) in [4.78, 5) is 29.7. The molecule has 0 aromatic carbocycles. The molecule has 0 aliphatic carbocycles. The molecule has 0 aliphatic rings. The number of nitrogens with two attached hydrogens (primary N) is 1. The van der Waals surface area contributed by atoms with Crippen molar-refractivity contribution < 1.29 is 14.3 Å². The molecule has 0 atom stereocenters. The maximum atomic E-state index is 11.3. The Kier molecular flexibility index (Phi) is 7.45. The Labute approximate surface area is 111 Å². The lowest BCUT2D eigenvalue weighted by Gasteiger charge is -2.01. The lowest BCUT2D eigenvalue weighted by molar-refractivity contribution is -0.116. The maximum absolute atomic E-state index is 11.3. The molecule has 0 aromatic rings. The second-order valence-corrected chi connectivity index (χ2v) is 3.59. The first-order chi connectivity index (χ1) is 8.92. The smallest absolute Gasteiger partial charge is 0.270 e. The third kappa shape index (κ3) is 6.73. The third-order valence-corrected chi connectivity index (χ3v) is 1.79. The normalized spacial score (nSPS) is 12.8. The number of primary amides is 1. The molecule has 0 radical (unpaired) electrons. The summed E-state index contributed by atoms with van der Waals surface area (Å²) in [6.45, 7) is 5.07. The number of nitrogens with zero attached hydrogens (tertiary/aromatic N) is 3. The van der Waals surface area contributed by atoms with Crippen LogP contribution in [0.2, 0.25) is 0 Å². The number of hydrogen-bond acceptors (Lipinski definition) is 6. The minimum atomic E-state index is -0.895. The average Bonchev–Trinajstić information content (AvgIpc) is 2.31. The number of aliphatic imine (C=N–C) groups is 2. The van der Waals surface area contributed by atoms with Crippen molar-refractivity contribution in [2.45, 2.75) is 27.2 Å². The summed E-state index contributed by atoms with van der Waals surface area (Å²) < 4.78 is 4.83. The van der Waals surface area contributed by atoms with Crippen LogP contribution in [-0.2, 0) is 14.3 Å². The quantitative estimate of drug-likeness (QED) is 0.315. The lowest BCUT2D eigenvalue weighted by Crippen LogP contribution is -2.16. The van der Waals surface area contributed by atoms with Gasteiger partial charge in [-0.15, -0.1) is 0 Å². The molecule has 2 N–H and O–H groups in total. The highest BCUT2D eigenvalue weighted by atomic mass is 16.5. The van der Waals surface area contributed by atoms with Gasteiger partial charge in [0.05, 0.1) is 6.61 Å². The molecule has 0 rings (SSSR count). The Morgan fingerprint density at radius 2 is 2.05 bits per heavy atom. The number of carbonyl (C=O) groups excluding carboxylic acids is 2. The zero-order chi connectivity index (χ0) is 14.8. The van der Waals surface area contributed by atoms with Gasteiger partial charge in [0.2, 0.25) is 0 Å². The van der Waals surface area contributed by atoms with Gasteiger partial charge in [-0.2, -0.15) is 5.26 Å². The number of Topliss-reactive ketones (excluding diaryl/α,β-unsaturated/α-hetero) is 1. The van der Waals surface area contributed by atoms with Crippen molar-refractivity contribution >= 4 is 23.8 Å². The van der Waals surface area contributed by atoms with Gasteiger partial charge < -0.3 is 10.5 Å². The molecule has 0 saturated heterocycles. The zero-order valence-electron chi connectivity index (χ0n) is 11.1.